The van der Waals surface area contributed by atoms with Gasteiger partial charge in [0.25, 0.3) is 0 Å². The van der Waals surface area contributed by atoms with Gasteiger partial charge in [0.05, 0.1) is 0 Å². The van der Waals surface area contributed by atoms with Gasteiger partial charge in [0.1, 0.15) is 6.10 Å². The molecule has 0 saturated heterocycles. The van der Waals surface area contributed by atoms with Crippen LogP contribution in [0.5, 0.6) is 0 Å². The molecule has 2 aromatic carbocycles. The highest BCUT2D eigenvalue weighted by molar-refractivity contribution is 5.98. The van der Waals surface area contributed by atoms with E-state index < -0.39 is 12.1 Å². The highest BCUT2D eigenvalue weighted by Crippen LogP contribution is 2.43. The minimum absolute atomic E-state index is 0.150. The summed E-state index contributed by atoms with van der Waals surface area (Å²) in [6, 6.07) is 19.0. The minimum Gasteiger partial charge on any atom is -0.460 e. The van der Waals surface area contributed by atoms with Gasteiger partial charge in [0, 0.05) is 17.9 Å². The van der Waals surface area contributed by atoms with Crippen LogP contribution < -0.4 is 0 Å². The van der Waals surface area contributed by atoms with Gasteiger partial charge in [-0.05, 0) is 29.7 Å². The van der Waals surface area contributed by atoms with Gasteiger partial charge in [-0.15, -0.1) is 0 Å². The molecule has 4 atom stereocenters. The van der Waals surface area contributed by atoms with E-state index in [1.807, 2.05) is 24.3 Å². The lowest BCUT2D eigenvalue weighted by atomic mass is 9.64. The van der Waals surface area contributed by atoms with E-state index in [0.29, 0.717) is 11.5 Å². The molecule has 0 radical (unpaired) electrons. The summed E-state index contributed by atoms with van der Waals surface area (Å²) in [5.74, 6) is -0.365. The number of aliphatic hydroxyl groups excluding tert-OH is 1. The zero-order chi connectivity index (χ0) is 21.7. The largest absolute Gasteiger partial charge is 0.460 e. The topological polar surface area (TPSA) is 63.6 Å². The third kappa shape index (κ3) is 5.17. The van der Waals surface area contributed by atoms with E-state index in [0.717, 1.165) is 19.3 Å². The zero-order valence-corrected chi connectivity index (χ0v) is 18.1. The van der Waals surface area contributed by atoms with Crippen LogP contribution in [0.3, 0.4) is 0 Å². The summed E-state index contributed by atoms with van der Waals surface area (Å²) < 4.78 is 5.84. The number of esters is 1. The van der Waals surface area contributed by atoms with Gasteiger partial charge < -0.3 is 9.84 Å². The normalized spacial score (nSPS) is 22.9. The molecule has 4 heteroatoms. The maximum Gasteiger partial charge on any atom is 0.335 e. The third-order valence-corrected chi connectivity index (χ3v) is 6.51. The summed E-state index contributed by atoms with van der Waals surface area (Å²) in [6.45, 7) is 6.56. The standard InChI is InChI=1S/C26H32O4/c1-18-14-15-21(26(2,3)20-12-8-5-9-13-20)24(16-18)30-25(29)23(28)17-22(27)19-10-6-4-7-11-19/h4-13,18,21,23-24,28H,14-17H2,1-3H3/t18?,21?,23-,24?/m1/s1. The predicted octanol–water partition coefficient (Wildman–Crippen LogP) is 4.95. The van der Waals surface area contributed by atoms with Crippen molar-refractivity contribution in [3.05, 3.63) is 71.8 Å². The second-order valence-corrected chi connectivity index (χ2v) is 9.10. The highest BCUT2D eigenvalue weighted by atomic mass is 16.6. The third-order valence-electron chi connectivity index (χ3n) is 6.51. The fraction of sp³-hybridized carbons (Fsp3) is 0.462. The average molecular weight is 409 g/mol. The molecule has 3 unspecified atom stereocenters. The fourth-order valence-corrected chi connectivity index (χ4v) is 4.59. The first-order valence-electron chi connectivity index (χ1n) is 10.8. The van der Waals surface area contributed by atoms with Crippen molar-refractivity contribution in [2.24, 2.45) is 11.8 Å². The van der Waals surface area contributed by atoms with Gasteiger partial charge in [-0.3, -0.25) is 4.79 Å². The molecule has 30 heavy (non-hydrogen) atoms. The zero-order valence-electron chi connectivity index (χ0n) is 18.1. The molecule has 0 bridgehead atoms. The van der Waals surface area contributed by atoms with Crippen LogP contribution in [-0.4, -0.2) is 29.1 Å². The van der Waals surface area contributed by atoms with Gasteiger partial charge in [0.2, 0.25) is 0 Å². The Morgan fingerprint density at radius 3 is 2.27 bits per heavy atom. The quantitative estimate of drug-likeness (QED) is 0.520. The summed E-state index contributed by atoms with van der Waals surface area (Å²) in [7, 11) is 0. The Hall–Kier alpha value is -2.46. The Morgan fingerprint density at radius 1 is 1.03 bits per heavy atom. The molecule has 0 amide bonds. The van der Waals surface area contributed by atoms with E-state index in [9.17, 15) is 14.7 Å². The maximum absolute atomic E-state index is 12.7. The molecule has 160 valence electrons. The fourth-order valence-electron chi connectivity index (χ4n) is 4.59. The lowest BCUT2D eigenvalue weighted by Gasteiger charge is -2.44. The minimum atomic E-state index is -1.45. The van der Waals surface area contributed by atoms with Crippen LogP contribution in [-0.2, 0) is 14.9 Å². The molecule has 0 aromatic heterocycles. The van der Waals surface area contributed by atoms with Gasteiger partial charge in [-0.1, -0.05) is 87.9 Å². The smallest absolute Gasteiger partial charge is 0.335 e. The number of carbonyl (C=O) groups is 2. The van der Waals surface area contributed by atoms with E-state index in [2.05, 4.69) is 32.9 Å². The van der Waals surface area contributed by atoms with Crippen LogP contribution in [0.1, 0.15) is 62.4 Å². The second-order valence-electron chi connectivity index (χ2n) is 9.10. The van der Waals surface area contributed by atoms with Crippen LogP contribution >= 0.6 is 0 Å². The van der Waals surface area contributed by atoms with Crippen molar-refractivity contribution < 1.29 is 19.4 Å². The number of rotatable bonds is 7. The first-order valence-corrected chi connectivity index (χ1v) is 10.8. The summed E-state index contributed by atoms with van der Waals surface area (Å²) in [6.07, 6.45) is 0.821. The molecular weight excluding hydrogens is 376 g/mol. The van der Waals surface area contributed by atoms with Crippen LogP contribution in [0.25, 0.3) is 0 Å². The Kier molecular flexibility index (Phi) is 7.09. The molecule has 0 heterocycles. The number of ketones is 1. The highest BCUT2D eigenvalue weighted by Gasteiger charge is 2.42. The van der Waals surface area contributed by atoms with Gasteiger partial charge in [-0.2, -0.15) is 0 Å². The summed E-state index contributed by atoms with van der Waals surface area (Å²) in [5, 5.41) is 10.4. The van der Waals surface area contributed by atoms with Gasteiger partial charge in [0.15, 0.2) is 11.9 Å². The van der Waals surface area contributed by atoms with Crippen LogP contribution in [0.15, 0.2) is 60.7 Å². The first-order chi connectivity index (χ1) is 14.3. The number of ether oxygens (including phenoxy) is 1. The van der Waals surface area contributed by atoms with E-state index in [4.69, 9.17) is 4.74 Å². The monoisotopic (exact) mass is 408 g/mol. The number of carbonyl (C=O) groups excluding carboxylic acids is 2. The summed E-state index contributed by atoms with van der Waals surface area (Å²) >= 11 is 0. The molecule has 1 saturated carbocycles. The molecule has 1 aliphatic rings. The number of hydrogen-bond acceptors (Lipinski definition) is 4. The van der Waals surface area contributed by atoms with Gasteiger partial charge in [-0.25, -0.2) is 4.79 Å². The Labute approximate surface area is 179 Å². The molecule has 3 rings (SSSR count). The lowest BCUT2D eigenvalue weighted by Crippen LogP contribution is -2.44. The van der Waals surface area contributed by atoms with E-state index in [1.165, 1.54) is 5.56 Å². The average Bonchev–Trinajstić information content (AvgIpc) is 2.74. The van der Waals surface area contributed by atoms with Crippen molar-refractivity contribution >= 4 is 11.8 Å². The number of Topliss-reactive ketones (excluding diaryl/α,β-unsaturated/α-hetero) is 1. The molecular formula is C26H32O4. The number of benzene rings is 2. The second kappa shape index (κ2) is 9.57. The Bertz CT molecular complexity index is 844. The summed E-state index contributed by atoms with van der Waals surface area (Å²) in [4.78, 5) is 25.0. The van der Waals surface area contributed by atoms with Crippen molar-refractivity contribution in [1.29, 1.82) is 0 Å². The summed E-state index contributed by atoms with van der Waals surface area (Å²) in [5.41, 5.74) is 1.53. The molecule has 0 aliphatic heterocycles. The van der Waals surface area contributed by atoms with Crippen molar-refractivity contribution in [3.8, 4) is 0 Å². The Morgan fingerprint density at radius 2 is 1.63 bits per heavy atom. The molecule has 4 nitrogen and oxygen atoms in total. The molecule has 2 aromatic rings. The Balaban J connectivity index is 1.70. The van der Waals surface area contributed by atoms with Crippen molar-refractivity contribution in [1.82, 2.24) is 0 Å². The maximum atomic E-state index is 12.7. The van der Waals surface area contributed by atoms with E-state index in [-0.39, 0.29) is 29.6 Å². The molecule has 1 aliphatic carbocycles. The van der Waals surface area contributed by atoms with Crippen molar-refractivity contribution in [2.45, 2.75) is 64.1 Å². The van der Waals surface area contributed by atoms with Crippen LogP contribution in [0, 0.1) is 11.8 Å². The van der Waals surface area contributed by atoms with E-state index >= 15 is 0 Å². The van der Waals surface area contributed by atoms with Crippen LogP contribution in [0.4, 0.5) is 0 Å². The van der Waals surface area contributed by atoms with Crippen LogP contribution in [0.2, 0.25) is 0 Å². The van der Waals surface area contributed by atoms with E-state index in [1.54, 1.807) is 24.3 Å². The number of aliphatic hydroxyl groups is 1. The molecule has 1 fully saturated rings. The van der Waals surface area contributed by atoms with Crippen molar-refractivity contribution in [3.63, 3.8) is 0 Å². The first kappa shape index (κ1) is 22.2. The number of hydrogen-bond donors (Lipinski definition) is 1. The predicted molar refractivity (Wildman–Crippen MR) is 117 cm³/mol. The molecule has 1 N–H and O–H groups in total. The molecule has 0 spiro atoms. The SMILES string of the molecule is CC1CCC(C(C)(C)c2ccccc2)C(OC(=O)[C@H](O)CC(=O)c2ccccc2)C1. The van der Waals surface area contributed by atoms with Crippen molar-refractivity contribution in [2.75, 3.05) is 0 Å². The van der Waals surface area contributed by atoms with Gasteiger partial charge >= 0.3 is 5.97 Å². The lowest BCUT2D eigenvalue weighted by molar-refractivity contribution is -0.166.